The van der Waals surface area contributed by atoms with Crippen molar-refractivity contribution in [3.63, 3.8) is 0 Å². The van der Waals surface area contributed by atoms with Crippen LogP contribution in [-0.4, -0.2) is 41.9 Å². The molecule has 1 aliphatic rings. The lowest BCUT2D eigenvalue weighted by molar-refractivity contribution is 0.102. The van der Waals surface area contributed by atoms with Crippen LogP contribution < -0.4 is 5.32 Å². The Morgan fingerprint density at radius 3 is 2.60 bits per heavy atom. The molecule has 1 fully saturated rings. The van der Waals surface area contributed by atoms with Gasteiger partial charge in [-0.15, -0.1) is 10.2 Å². The number of aromatic nitrogens is 2. The molecule has 156 valence electrons. The minimum atomic E-state index is -3.95. The van der Waals surface area contributed by atoms with Crippen molar-refractivity contribution in [2.45, 2.75) is 23.7 Å². The highest BCUT2D eigenvalue weighted by Crippen LogP contribution is 2.32. The predicted octanol–water partition coefficient (Wildman–Crippen LogP) is 3.50. The number of sulfonamides is 1. The van der Waals surface area contributed by atoms with Crippen LogP contribution in [0.25, 0.3) is 0 Å². The molecule has 1 amide bonds. The Labute approximate surface area is 177 Å². The summed E-state index contributed by atoms with van der Waals surface area (Å²) in [5.41, 5.74) is 0.652. The summed E-state index contributed by atoms with van der Waals surface area (Å²) < 4.78 is 41.1. The third-order valence-electron chi connectivity index (χ3n) is 4.85. The van der Waals surface area contributed by atoms with Crippen LogP contribution >= 0.6 is 11.3 Å². The Morgan fingerprint density at radius 2 is 1.83 bits per heavy atom. The van der Waals surface area contributed by atoms with Gasteiger partial charge in [-0.2, -0.15) is 4.31 Å². The lowest BCUT2D eigenvalue weighted by atomic mass is 10.0. The normalized spacial score (nSPS) is 17.6. The molecule has 0 bridgehead atoms. The number of rotatable bonds is 5. The number of nitrogens with zero attached hydrogens (tertiary/aromatic N) is 3. The van der Waals surface area contributed by atoms with Gasteiger partial charge in [-0.25, -0.2) is 12.8 Å². The lowest BCUT2D eigenvalue weighted by Crippen LogP contribution is -2.39. The highest BCUT2D eigenvalue weighted by atomic mass is 32.2. The van der Waals surface area contributed by atoms with Gasteiger partial charge in [0.1, 0.15) is 15.7 Å². The number of carbonyl (C=O) groups excluding carboxylic acids is 1. The first kappa shape index (κ1) is 20.6. The number of amides is 1. The molecule has 1 aromatic heterocycles. The summed E-state index contributed by atoms with van der Waals surface area (Å²) in [5.74, 6) is -1.33. The Hall–Kier alpha value is -2.69. The number of hydrogen-bond donors (Lipinski definition) is 1. The van der Waals surface area contributed by atoms with Gasteiger partial charge in [0, 0.05) is 24.7 Å². The van der Waals surface area contributed by atoms with Crippen LogP contribution in [0.5, 0.6) is 0 Å². The third-order valence-corrected chi connectivity index (χ3v) is 7.84. The van der Waals surface area contributed by atoms with Gasteiger partial charge in [0.2, 0.25) is 15.0 Å². The average molecular weight is 447 g/mol. The molecule has 3 aromatic rings. The largest absolute Gasteiger partial charge is 0.320 e. The first-order valence-corrected chi connectivity index (χ1v) is 11.7. The van der Waals surface area contributed by atoms with Crippen LogP contribution in [-0.2, 0) is 10.0 Å². The number of para-hydroxylation sites is 1. The Bertz CT molecular complexity index is 1150. The average Bonchev–Trinajstić information content (AvgIpc) is 3.25. The Morgan fingerprint density at radius 1 is 1.10 bits per heavy atom. The van der Waals surface area contributed by atoms with Crippen LogP contribution in [0.3, 0.4) is 0 Å². The molecule has 1 unspecified atom stereocenters. The summed E-state index contributed by atoms with van der Waals surface area (Å²) in [5, 5.41) is 11.7. The summed E-state index contributed by atoms with van der Waals surface area (Å²) in [6.45, 7) is 0.485. The van der Waals surface area contributed by atoms with E-state index in [1.807, 2.05) is 18.2 Å². The maximum Gasteiger partial charge on any atom is 0.286 e. The van der Waals surface area contributed by atoms with E-state index in [0.717, 1.165) is 23.8 Å². The zero-order chi connectivity index (χ0) is 21.1. The maximum atomic E-state index is 14.1. The topological polar surface area (TPSA) is 92.3 Å². The minimum Gasteiger partial charge on any atom is -0.320 e. The Kier molecular flexibility index (Phi) is 5.89. The predicted molar refractivity (Wildman–Crippen MR) is 111 cm³/mol. The summed E-state index contributed by atoms with van der Waals surface area (Å²) in [6.07, 6.45) is 1.34. The molecular formula is C20H19FN4O3S2. The minimum absolute atomic E-state index is 0.172. The van der Waals surface area contributed by atoms with Crippen molar-refractivity contribution in [2.24, 2.45) is 0 Å². The smallest absolute Gasteiger partial charge is 0.286 e. The van der Waals surface area contributed by atoms with E-state index < -0.39 is 15.8 Å². The molecule has 4 rings (SSSR count). The van der Waals surface area contributed by atoms with Gasteiger partial charge in [-0.05, 0) is 37.1 Å². The fraction of sp³-hybridized carbons (Fsp3) is 0.250. The van der Waals surface area contributed by atoms with Crippen molar-refractivity contribution in [1.29, 1.82) is 0 Å². The van der Waals surface area contributed by atoms with E-state index in [-0.39, 0.29) is 28.3 Å². The standard InChI is InChI=1S/C20H19FN4O3S2/c21-16-10-4-5-11-17(16)30(27,28)25-12-6-7-14(13-25)19-23-24-20(29-19)18(26)22-15-8-2-1-3-9-15/h1-5,8-11,14H,6-7,12-13H2,(H,22,26). The number of anilines is 1. The molecule has 1 atom stereocenters. The highest BCUT2D eigenvalue weighted by molar-refractivity contribution is 7.89. The van der Waals surface area contributed by atoms with Crippen LogP contribution in [0.4, 0.5) is 10.1 Å². The van der Waals surface area contributed by atoms with Gasteiger partial charge in [0.05, 0.1) is 0 Å². The van der Waals surface area contributed by atoms with Gasteiger partial charge in [0.15, 0.2) is 0 Å². The molecule has 1 aliphatic heterocycles. The summed E-state index contributed by atoms with van der Waals surface area (Å²) in [4.78, 5) is 12.1. The molecule has 2 aromatic carbocycles. The number of benzene rings is 2. The van der Waals surface area contributed by atoms with E-state index >= 15 is 0 Å². The molecule has 0 aliphatic carbocycles. The molecule has 0 radical (unpaired) electrons. The van der Waals surface area contributed by atoms with Crippen molar-refractivity contribution in [3.8, 4) is 0 Å². The second-order valence-electron chi connectivity index (χ2n) is 6.90. The quantitative estimate of drug-likeness (QED) is 0.648. The molecule has 1 N–H and O–H groups in total. The zero-order valence-corrected chi connectivity index (χ0v) is 17.5. The van der Waals surface area contributed by atoms with Gasteiger partial charge < -0.3 is 5.32 Å². The van der Waals surface area contributed by atoms with Crippen molar-refractivity contribution in [3.05, 3.63) is 70.4 Å². The fourth-order valence-corrected chi connectivity index (χ4v) is 5.81. The molecular weight excluding hydrogens is 427 g/mol. The SMILES string of the molecule is O=C(Nc1ccccc1)c1nnc(C2CCCN(S(=O)(=O)c3ccccc3F)C2)s1. The van der Waals surface area contributed by atoms with E-state index in [9.17, 15) is 17.6 Å². The van der Waals surface area contributed by atoms with E-state index in [2.05, 4.69) is 15.5 Å². The molecule has 7 nitrogen and oxygen atoms in total. The van der Waals surface area contributed by atoms with E-state index in [4.69, 9.17) is 0 Å². The second kappa shape index (κ2) is 8.58. The third kappa shape index (κ3) is 4.25. The van der Waals surface area contributed by atoms with E-state index in [1.165, 1.54) is 22.5 Å². The summed E-state index contributed by atoms with van der Waals surface area (Å²) >= 11 is 1.15. The molecule has 10 heteroatoms. The van der Waals surface area contributed by atoms with E-state index in [0.29, 0.717) is 23.7 Å². The number of piperidine rings is 1. The Balaban J connectivity index is 1.49. The summed E-state index contributed by atoms with van der Waals surface area (Å²) in [6, 6.07) is 14.4. The first-order chi connectivity index (χ1) is 14.4. The van der Waals surface area contributed by atoms with Gasteiger partial charge in [-0.1, -0.05) is 41.7 Å². The number of halogens is 1. The van der Waals surface area contributed by atoms with E-state index in [1.54, 1.807) is 12.1 Å². The monoisotopic (exact) mass is 446 g/mol. The molecule has 2 heterocycles. The first-order valence-electron chi connectivity index (χ1n) is 9.39. The van der Waals surface area contributed by atoms with Crippen LogP contribution in [0, 0.1) is 5.82 Å². The van der Waals surface area contributed by atoms with Crippen molar-refractivity contribution >= 4 is 33.0 Å². The maximum absolute atomic E-state index is 14.1. The van der Waals surface area contributed by atoms with Crippen molar-refractivity contribution < 1.29 is 17.6 Å². The highest BCUT2D eigenvalue weighted by Gasteiger charge is 2.34. The van der Waals surface area contributed by atoms with Gasteiger partial charge in [-0.3, -0.25) is 4.79 Å². The molecule has 30 heavy (non-hydrogen) atoms. The fourth-order valence-electron chi connectivity index (χ4n) is 3.35. The molecule has 1 saturated heterocycles. The number of hydrogen-bond acceptors (Lipinski definition) is 6. The molecule has 0 saturated carbocycles. The van der Waals surface area contributed by atoms with Crippen LogP contribution in [0.1, 0.15) is 33.6 Å². The van der Waals surface area contributed by atoms with Gasteiger partial charge in [0.25, 0.3) is 5.91 Å². The van der Waals surface area contributed by atoms with Crippen LogP contribution in [0.2, 0.25) is 0 Å². The molecule has 0 spiro atoms. The number of carbonyl (C=O) groups is 1. The van der Waals surface area contributed by atoms with Crippen molar-refractivity contribution in [1.82, 2.24) is 14.5 Å². The lowest BCUT2D eigenvalue weighted by Gasteiger charge is -2.30. The van der Waals surface area contributed by atoms with Gasteiger partial charge >= 0.3 is 0 Å². The second-order valence-corrected chi connectivity index (χ2v) is 9.81. The summed E-state index contributed by atoms with van der Waals surface area (Å²) in [7, 11) is -3.95. The van der Waals surface area contributed by atoms with Crippen LogP contribution in [0.15, 0.2) is 59.5 Å². The van der Waals surface area contributed by atoms with Crippen molar-refractivity contribution in [2.75, 3.05) is 18.4 Å². The number of nitrogens with one attached hydrogen (secondary N) is 1. The zero-order valence-electron chi connectivity index (χ0n) is 15.9.